The first-order valence-corrected chi connectivity index (χ1v) is 9.37. The fourth-order valence-electron chi connectivity index (χ4n) is 3.31. The number of anilines is 1. The summed E-state index contributed by atoms with van der Waals surface area (Å²) in [5, 5.41) is 1.25. The Bertz CT molecular complexity index is 652. The van der Waals surface area contributed by atoms with Gasteiger partial charge in [-0.15, -0.1) is 0 Å². The van der Waals surface area contributed by atoms with Crippen LogP contribution in [0, 0.1) is 0 Å². The molecular weight excluding hydrogens is 339 g/mol. The van der Waals surface area contributed by atoms with Crippen LogP contribution in [0.4, 0.5) is 5.69 Å². The zero-order chi connectivity index (χ0) is 16.9. The van der Waals surface area contributed by atoms with Gasteiger partial charge in [-0.25, -0.2) is 0 Å². The van der Waals surface area contributed by atoms with Crippen LogP contribution in [0.5, 0.6) is 0 Å². The highest BCUT2D eigenvalue weighted by molar-refractivity contribution is 6.42. The first-order valence-electron chi connectivity index (χ1n) is 8.61. The number of halogens is 2. The van der Waals surface area contributed by atoms with Crippen LogP contribution in [0.1, 0.15) is 18.9 Å². The Kier molecular flexibility index (Phi) is 6.04. The quantitative estimate of drug-likeness (QED) is 0.726. The molecule has 1 atom stereocenters. The van der Waals surface area contributed by atoms with Crippen LogP contribution in [0.3, 0.4) is 0 Å². The van der Waals surface area contributed by atoms with Crippen LogP contribution in [0.2, 0.25) is 10.0 Å². The van der Waals surface area contributed by atoms with Gasteiger partial charge in [-0.05, 0) is 43.5 Å². The smallest absolute Gasteiger partial charge is 0.0612 e. The summed E-state index contributed by atoms with van der Waals surface area (Å²) in [6, 6.07) is 17.3. The maximum absolute atomic E-state index is 6.14. The monoisotopic (exact) mass is 362 g/mol. The summed E-state index contributed by atoms with van der Waals surface area (Å²) in [5.41, 5.74) is 2.60. The maximum Gasteiger partial charge on any atom is 0.0612 e. The number of rotatable bonds is 5. The number of hydrogen-bond donors (Lipinski definition) is 0. The Morgan fingerprint density at radius 1 is 0.917 bits per heavy atom. The second-order valence-corrected chi connectivity index (χ2v) is 7.31. The minimum absolute atomic E-state index is 0.612. The molecule has 1 aliphatic rings. The number of piperazine rings is 1. The minimum Gasteiger partial charge on any atom is -0.369 e. The van der Waals surface area contributed by atoms with Gasteiger partial charge in [0.05, 0.1) is 10.0 Å². The van der Waals surface area contributed by atoms with Gasteiger partial charge >= 0.3 is 0 Å². The molecular formula is C20H24Cl2N2. The fraction of sp³-hybridized carbons (Fsp3) is 0.400. The van der Waals surface area contributed by atoms with E-state index in [2.05, 4.69) is 53.1 Å². The van der Waals surface area contributed by atoms with Gasteiger partial charge in [0.15, 0.2) is 0 Å². The molecule has 2 nitrogen and oxygen atoms in total. The van der Waals surface area contributed by atoms with Crippen molar-refractivity contribution >= 4 is 28.9 Å². The van der Waals surface area contributed by atoms with Crippen molar-refractivity contribution in [1.82, 2.24) is 4.90 Å². The van der Waals surface area contributed by atoms with Crippen LogP contribution in [-0.2, 0) is 6.42 Å². The summed E-state index contributed by atoms with van der Waals surface area (Å²) in [6.07, 6.45) is 2.35. The average molecular weight is 363 g/mol. The minimum atomic E-state index is 0.612. The molecule has 1 heterocycles. The molecule has 0 aliphatic carbocycles. The Labute approximate surface area is 155 Å². The fourth-order valence-corrected chi connectivity index (χ4v) is 3.60. The van der Waals surface area contributed by atoms with Crippen molar-refractivity contribution in [2.75, 3.05) is 31.1 Å². The molecule has 1 unspecified atom stereocenters. The average Bonchev–Trinajstić information content (AvgIpc) is 2.63. The van der Waals surface area contributed by atoms with Gasteiger partial charge < -0.3 is 4.90 Å². The van der Waals surface area contributed by atoms with Gasteiger partial charge in [-0.3, -0.25) is 4.90 Å². The third kappa shape index (κ3) is 4.44. The highest BCUT2D eigenvalue weighted by atomic mass is 35.5. The van der Waals surface area contributed by atoms with Crippen molar-refractivity contribution in [2.24, 2.45) is 0 Å². The van der Waals surface area contributed by atoms with Crippen LogP contribution in [0.25, 0.3) is 0 Å². The molecule has 1 aliphatic heterocycles. The molecule has 24 heavy (non-hydrogen) atoms. The molecule has 0 N–H and O–H groups in total. The van der Waals surface area contributed by atoms with Crippen LogP contribution < -0.4 is 4.90 Å². The van der Waals surface area contributed by atoms with Crippen molar-refractivity contribution in [3.8, 4) is 0 Å². The Morgan fingerprint density at radius 3 is 2.29 bits per heavy atom. The Morgan fingerprint density at radius 2 is 1.62 bits per heavy atom. The third-order valence-corrected chi connectivity index (χ3v) is 5.64. The first kappa shape index (κ1) is 17.6. The Hall–Kier alpha value is -1.22. The predicted molar refractivity (Wildman–Crippen MR) is 104 cm³/mol. The molecule has 0 radical (unpaired) electrons. The van der Waals surface area contributed by atoms with E-state index in [-0.39, 0.29) is 0 Å². The third-order valence-electron chi connectivity index (χ3n) is 4.90. The van der Waals surface area contributed by atoms with E-state index in [4.69, 9.17) is 23.2 Å². The largest absolute Gasteiger partial charge is 0.369 e. The number of benzene rings is 2. The highest BCUT2D eigenvalue weighted by Crippen LogP contribution is 2.28. The van der Waals surface area contributed by atoms with E-state index in [1.54, 1.807) is 0 Å². The summed E-state index contributed by atoms with van der Waals surface area (Å²) in [4.78, 5) is 4.99. The number of aryl methyl sites for hydroxylation is 1. The normalized spacial score (nSPS) is 17.0. The van der Waals surface area contributed by atoms with Gasteiger partial charge in [0.1, 0.15) is 0 Å². The molecule has 0 spiro atoms. The number of nitrogens with zero attached hydrogens (tertiary/aromatic N) is 2. The van der Waals surface area contributed by atoms with Crippen molar-refractivity contribution in [3.63, 3.8) is 0 Å². The topological polar surface area (TPSA) is 6.48 Å². The van der Waals surface area contributed by atoms with E-state index in [0.29, 0.717) is 16.1 Å². The Balaban J connectivity index is 1.50. The first-order chi connectivity index (χ1) is 11.6. The van der Waals surface area contributed by atoms with E-state index in [0.717, 1.165) is 32.6 Å². The van der Waals surface area contributed by atoms with Gasteiger partial charge in [0.2, 0.25) is 0 Å². The summed E-state index contributed by atoms with van der Waals surface area (Å²) in [7, 11) is 0. The predicted octanol–water partition coefficient (Wildman–Crippen LogP) is 5.14. The molecule has 1 saturated heterocycles. The molecule has 3 rings (SSSR count). The van der Waals surface area contributed by atoms with Gasteiger partial charge in [0.25, 0.3) is 0 Å². The summed E-state index contributed by atoms with van der Waals surface area (Å²) < 4.78 is 0. The van der Waals surface area contributed by atoms with E-state index in [1.807, 2.05) is 12.1 Å². The second kappa shape index (κ2) is 8.24. The van der Waals surface area contributed by atoms with Crippen LogP contribution in [0.15, 0.2) is 48.5 Å². The van der Waals surface area contributed by atoms with E-state index in [1.165, 1.54) is 17.7 Å². The zero-order valence-electron chi connectivity index (χ0n) is 14.1. The van der Waals surface area contributed by atoms with E-state index >= 15 is 0 Å². The zero-order valence-corrected chi connectivity index (χ0v) is 15.6. The maximum atomic E-state index is 6.14. The SMILES string of the molecule is CC(CCc1ccccc1)N1CCN(c2ccc(Cl)c(Cl)c2)CC1. The van der Waals surface area contributed by atoms with Gasteiger partial charge in [0, 0.05) is 37.9 Å². The lowest BCUT2D eigenvalue weighted by molar-refractivity contribution is 0.189. The van der Waals surface area contributed by atoms with Crippen molar-refractivity contribution in [3.05, 3.63) is 64.1 Å². The summed E-state index contributed by atoms with van der Waals surface area (Å²) in [5.74, 6) is 0. The van der Waals surface area contributed by atoms with Crippen molar-refractivity contribution in [1.29, 1.82) is 0 Å². The molecule has 0 saturated carbocycles. The van der Waals surface area contributed by atoms with Gasteiger partial charge in [-0.2, -0.15) is 0 Å². The lowest BCUT2D eigenvalue weighted by Gasteiger charge is -2.39. The van der Waals surface area contributed by atoms with Crippen molar-refractivity contribution < 1.29 is 0 Å². The van der Waals surface area contributed by atoms with Crippen molar-refractivity contribution in [2.45, 2.75) is 25.8 Å². The standard InChI is InChI=1S/C20H24Cl2N2/c1-16(7-8-17-5-3-2-4-6-17)23-11-13-24(14-12-23)18-9-10-19(21)20(22)15-18/h2-6,9-10,15-16H,7-8,11-14H2,1H3. The molecule has 4 heteroatoms. The summed E-state index contributed by atoms with van der Waals surface area (Å²) >= 11 is 12.2. The van der Waals surface area contributed by atoms with E-state index < -0.39 is 0 Å². The second-order valence-electron chi connectivity index (χ2n) is 6.49. The molecule has 0 bridgehead atoms. The van der Waals surface area contributed by atoms with E-state index in [9.17, 15) is 0 Å². The molecule has 0 amide bonds. The lowest BCUT2D eigenvalue weighted by Crippen LogP contribution is -2.49. The highest BCUT2D eigenvalue weighted by Gasteiger charge is 2.21. The summed E-state index contributed by atoms with van der Waals surface area (Å²) in [6.45, 7) is 6.60. The lowest BCUT2D eigenvalue weighted by atomic mass is 10.0. The molecule has 2 aromatic carbocycles. The molecule has 2 aromatic rings. The number of hydrogen-bond acceptors (Lipinski definition) is 2. The molecule has 128 valence electrons. The van der Waals surface area contributed by atoms with Crippen LogP contribution in [-0.4, -0.2) is 37.1 Å². The molecule has 0 aromatic heterocycles. The van der Waals surface area contributed by atoms with Gasteiger partial charge in [-0.1, -0.05) is 53.5 Å². The van der Waals surface area contributed by atoms with Crippen LogP contribution >= 0.6 is 23.2 Å². The molecule has 1 fully saturated rings.